The quantitative estimate of drug-likeness (QED) is 0.340. The average molecular weight is 587 g/mol. The SMILES string of the molecule is CCOC(=O)C(C)(Cc1ccc(OCCC2CN(CC3=CC=CC(C)(C(F)(F)F)C3=O)CN2)cc1)Oc1ccccc1. The molecule has 226 valence electrons. The smallest absolute Gasteiger partial charge is 0.404 e. The summed E-state index contributed by atoms with van der Waals surface area (Å²) in [5, 5.41) is 3.33. The summed E-state index contributed by atoms with van der Waals surface area (Å²) in [5.41, 5.74) is -2.66. The van der Waals surface area contributed by atoms with Crippen LogP contribution >= 0.6 is 0 Å². The highest BCUT2D eigenvalue weighted by Crippen LogP contribution is 2.43. The van der Waals surface area contributed by atoms with Crippen molar-refractivity contribution in [1.29, 1.82) is 0 Å². The first kappa shape index (κ1) is 31.3. The van der Waals surface area contributed by atoms with Crippen LogP contribution in [0.25, 0.3) is 0 Å². The maximum absolute atomic E-state index is 13.5. The number of nitrogens with zero attached hydrogens (tertiary/aromatic N) is 1. The molecule has 10 heteroatoms. The van der Waals surface area contributed by atoms with Crippen LogP contribution in [-0.2, 0) is 20.7 Å². The Hall–Kier alpha value is -3.63. The zero-order chi connectivity index (χ0) is 30.4. The Morgan fingerprint density at radius 1 is 1.10 bits per heavy atom. The van der Waals surface area contributed by atoms with Crippen LogP contribution in [0.1, 0.15) is 32.8 Å². The van der Waals surface area contributed by atoms with Crippen molar-refractivity contribution in [2.75, 3.05) is 33.0 Å². The van der Waals surface area contributed by atoms with Gasteiger partial charge in [-0.05, 0) is 57.0 Å². The maximum Gasteiger partial charge on any atom is 0.404 e. The topological polar surface area (TPSA) is 77.1 Å². The van der Waals surface area contributed by atoms with Crippen molar-refractivity contribution in [3.05, 3.63) is 84.0 Å². The molecule has 3 unspecified atom stereocenters. The molecule has 0 radical (unpaired) electrons. The van der Waals surface area contributed by atoms with Gasteiger partial charge in [0.2, 0.25) is 5.60 Å². The van der Waals surface area contributed by atoms with E-state index in [0.29, 0.717) is 44.2 Å². The summed E-state index contributed by atoms with van der Waals surface area (Å²) in [6, 6.07) is 16.7. The van der Waals surface area contributed by atoms with Crippen LogP contribution in [0, 0.1) is 5.41 Å². The first-order chi connectivity index (χ1) is 19.9. The molecule has 0 aromatic heterocycles. The number of Topliss-reactive ketones (excluding diaryl/α,β-unsaturated/α-hetero) is 1. The van der Waals surface area contributed by atoms with E-state index in [1.165, 1.54) is 12.2 Å². The zero-order valence-electron chi connectivity index (χ0n) is 24.1. The number of para-hydroxylation sites is 1. The molecule has 2 aromatic rings. The van der Waals surface area contributed by atoms with E-state index in [1.807, 2.05) is 47.4 Å². The van der Waals surface area contributed by atoms with Gasteiger partial charge >= 0.3 is 12.1 Å². The maximum atomic E-state index is 13.5. The lowest BCUT2D eigenvalue weighted by Crippen LogP contribution is -2.45. The summed E-state index contributed by atoms with van der Waals surface area (Å²) in [6.45, 7) is 6.29. The van der Waals surface area contributed by atoms with Gasteiger partial charge in [0.25, 0.3) is 0 Å². The van der Waals surface area contributed by atoms with Gasteiger partial charge in [-0.1, -0.05) is 48.6 Å². The Kier molecular flexibility index (Phi) is 9.78. The molecule has 1 fully saturated rings. The molecule has 3 atom stereocenters. The minimum atomic E-state index is -4.64. The second kappa shape index (κ2) is 13.1. The van der Waals surface area contributed by atoms with Gasteiger partial charge in [-0.2, -0.15) is 13.2 Å². The number of ketones is 1. The van der Waals surface area contributed by atoms with Gasteiger partial charge in [-0.3, -0.25) is 9.69 Å². The number of hydrogen-bond donors (Lipinski definition) is 1. The standard InChI is InChI=1S/C32H37F3N2O5/c1-4-40-29(39)31(3,42-27-10-6-5-7-11-27)19-23-12-14-26(15-13-23)41-18-16-25-21-37(22-36-25)20-24-9-8-17-30(2,28(24)38)32(33,34)35/h5-15,17,25,36H,4,16,18-22H2,1-3H3. The minimum absolute atomic E-state index is 0.0773. The van der Waals surface area contributed by atoms with Gasteiger partial charge < -0.3 is 19.5 Å². The number of hydrogen-bond acceptors (Lipinski definition) is 7. The fraction of sp³-hybridized carbons (Fsp3) is 0.438. The van der Waals surface area contributed by atoms with Gasteiger partial charge in [0.1, 0.15) is 16.9 Å². The number of halogens is 3. The highest BCUT2D eigenvalue weighted by Gasteiger charge is 2.56. The summed E-state index contributed by atoms with van der Waals surface area (Å²) in [5.74, 6) is -0.0958. The first-order valence-corrected chi connectivity index (χ1v) is 14.0. The summed E-state index contributed by atoms with van der Waals surface area (Å²) < 4.78 is 57.7. The highest BCUT2D eigenvalue weighted by atomic mass is 19.4. The van der Waals surface area contributed by atoms with Crippen molar-refractivity contribution in [2.24, 2.45) is 5.41 Å². The second-order valence-corrected chi connectivity index (χ2v) is 11.0. The molecule has 0 spiro atoms. The van der Waals surface area contributed by atoms with E-state index in [9.17, 15) is 22.8 Å². The van der Waals surface area contributed by atoms with E-state index in [1.54, 1.807) is 26.0 Å². The molecule has 0 saturated carbocycles. The largest absolute Gasteiger partial charge is 0.494 e. The highest BCUT2D eigenvalue weighted by molar-refractivity contribution is 6.03. The molecule has 1 heterocycles. The van der Waals surface area contributed by atoms with Crippen molar-refractivity contribution in [2.45, 2.75) is 51.4 Å². The Bertz CT molecular complexity index is 1300. The summed E-state index contributed by atoms with van der Waals surface area (Å²) in [4.78, 5) is 27.3. The fourth-order valence-corrected chi connectivity index (χ4v) is 5.04. The normalized spacial score (nSPS) is 22.4. The number of carbonyl (C=O) groups excluding carboxylic acids is 2. The molecule has 2 aliphatic rings. The monoisotopic (exact) mass is 586 g/mol. The van der Waals surface area contributed by atoms with Gasteiger partial charge in [0.05, 0.1) is 13.2 Å². The number of nitrogens with one attached hydrogen (secondary N) is 1. The summed E-state index contributed by atoms with van der Waals surface area (Å²) in [7, 11) is 0. The molecule has 0 bridgehead atoms. The van der Waals surface area contributed by atoms with Crippen molar-refractivity contribution in [1.82, 2.24) is 10.2 Å². The number of alkyl halides is 3. The van der Waals surface area contributed by atoms with Gasteiger partial charge in [-0.15, -0.1) is 0 Å². The van der Waals surface area contributed by atoms with Gasteiger partial charge in [0.15, 0.2) is 5.78 Å². The van der Waals surface area contributed by atoms with Crippen LogP contribution in [0.4, 0.5) is 13.2 Å². The van der Waals surface area contributed by atoms with Crippen LogP contribution < -0.4 is 14.8 Å². The van der Waals surface area contributed by atoms with Crippen molar-refractivity contribution >= 4 is 11.8 Å². The van der Waals surface area contributed by atoms with Crippen molar-refractivity contribution in [3.63, 3.8) is 0 Å². The number of allylic oxidation sites excluding steroid dienone is 3. The predicted octanol–water partition coefficient (Wildman–Crippen LogP) is 5.26. The number of carbonyl (C=O) groups is 2. The molecular formula is C32H37F3N2O5. The lowest BCUT2D eigenvalue weighted by Gasteiger charge is -2.31. The van der Waals surface area contributed by atoms with E-state index in [-0.39, 0.29) is 24.8 Å². The average Bonchev–Trinajstić information content (AvgIpc) is 3.39. The van der Waals surface area contributed by atoms with Crippen LogP contribution in [0.5, 0.6) is 11.5 Å². The molecule has 1 saturated heterocycles. The number of rotatable bonds is 12. The number of ether oxygens (including phenoxy) is 3. The van der Waals surface area contributed by atoms with Gasteiger partial charge in [-0.25, -0.2) is 4.79 Å². The number of benzene rings is 2. The molecule has 1 aliphatic carbocycles. The fourth-order valence-electron chi connectivity index (χ4n) is 5.04. The third-order valence-electron chi connectivity index (χ3n) is 7.55. The third kappa shape index (κ3) is 7.41. The van der Waals surface area contributed by atoms with Gasteiger partial charge in [0, 0.05) is 37.8 Å². The predicted molar refractivity (Wildman–Crippen MR) is 152 cm³/mol. The lowest BCUT2D eigenvalue weighted by atomic mass is 9.78. The van der Waals surface area contributed by atoms with Crippen molar-refractivity contribution in [3.8, 4) is 11.5 Å². The van der Waals surface area contributed by atoms with E-state index >= 15 is 0 Å². The third-order valence-corrected chi connectivity index (χ3v) is 7.55. The molecule has 0 amide bonds. The first-order valence-electron chi connectivity index (χ1n) is 14.0. The molecular weight excluding hydrogens is 549 g/mol. The van der Waals surface area contributed by atoms with Crippen LogP contribution in [0.3, 0.4) is 0 Å². The van der Waals surface area contributed by atoms with Crippen molar-refractivity contribution < 1.29 is 37.0 Å². The lowest BCUT2D eigenvalue weighted by molar-refractivity contribution is -0.199. The summed E-state index contributed by atoms with van der Waals surface area (Å²) >= 11 is 0. The Morgan fingerprint density at radius 3 is 2.48 bits per heavy atom. The summed E-state index contributed by atoms with van der Waals surface area (Å²) in [6.07, 6.45) is 0.0527. The van der Waals surface area contributed by atoms with Crippen LogP contribution in [0.2, 0.25) is 0 Å². The molecule has 7 nitrogen and oxygen atoms in total. The molecule has 1 N–H and O–H groups in total. The van der Waals surface area contributed by atoms with E-state index in [4.69, 9.17) is 14.2 Å². The Labute approximate surface area is 244 Å². The van der Waals surface area contributed by atoms with Crippen LogP contribution in [0.15, 0.2) is 78.4 Å². The minimum Gasteiger partial charge on any atom is -0.494 e. The Morgan fingerprint density at radius 2 is 1.81 bits per heavy atom. The number of esters is 1. The molecule has 1 aliphatic heterocycles. The van der Waals surface area contributed by atoms with Crippen LogP contribution in [-0.4, -0.2) is 67.4 Å². The molecule has 4 rings (SSSR count). The zero-order valence-corrected chi connectivity index (χ0v) is 24.1. The second-order valence-electron chi connectivity index (χ2n) is 11.0. The molecule has 2 aromatic carbocycles. The van der Waals surface area contributed by atoms with E-state index < -0.39 is 28.9 Å². The Balaban J connectivity index is 1.25. The van der Waals surface area contributed by atoms with E-state index in [0.717, 1.165) is 18.6 Å². The molecule has 42 heavy (non-hydrogen) atoms. The van der Waals surface area contributed by atoms with E-state index in [2.05, 4.69) is 5.32 Å².